The van der Waals surface area contributed by atoms with Crippen molar-refractivity contribution < 1.29 is 0 Å². The monoisotopic (exact) mass is 228 g/mol. The highest BCUT2D eigenvalue weighted by Gasteiger charge is 2.20. The van der Waals surface area contributed by atoms with E-state index in [9.17, 15) is 4.79 Å². The summed E-state index contributed by atoms with van der Waals surface area (Å²) in [6.45, 7) is 1.01. The number of aromatic nitrogens is 1. The topological polar surface area (TPSA) is 34.0 Å². The van der Waals surface area contributed by atoms with E-state index >= 15 is 0 Å². The van der Waals surface area contributed by atoms with E-state index < -0.39 is 0 Å². The zero-order valence-electron chi connectivity index (χ0n) is 9.94. The molecule has 0 bridgehead atoms. The molecular weight excluding hydrogens is 212 g/mol. The molecule has 1 saturated heterocycles. The molecule has 1 N–H and O–H groups in total. The lowest BCUT2D eigenvalue weighted by Gasteiger charge is -2.13. The Morgan fingerprint density at radius 2 is 2.18 bits per heavy atom. The van der Waals surface area contributed by atoms with E-state index in [2.05, 4.69) is 11.4 Å². The number of nitrogens with one attached hydrogen (secondary N) is 1. The van der Waals surface area contributed by atoms with Gasteiger partial charge >= 0.3 is 0 Å². The molecule has 3 heteroatoms. The number of pyridine rings is 1. The largest absolute Gasteiger partial charge is 0.311 e. The molecule has 2 heterocycles. The van der Waals surface area contributed by atoms with Crippen molar-refractivity contribution in [2.24, 2.45) is 7.05 Å². The van der Waals surface area contributed by atoms with Crippen LogP contribution in [0.4, 0.5) is 0 Å². The highest BCUT2D eigenvalue weighted by Crippen LogP contribution is 2.23. The van der Waals surface area contributed by atoms with Gasteiger partial charge in [-0.05, 0) is 36.9 Å². The lowest BCUT2D eigenvalue weighted by molar-refractivity contribution is 0.633. The second-order valence-corrected chi connectivity index (χ2v) is 4.67. The fraction of sp³-hybridized carbons (Fsp3) is 0.357. The average molecular weight is 228 g/mol. The summed E-state index contributed by atoms with van der Waals surface area (Å²) < 4.78 is 1.75. The molecule has 1 atom stereocenters. The van der Waals surface area contributed by atoms with E-state index in [4.69, 9.17) is 0 Å². The summed E-state index contributed by atoms with van der Waals surface area (Å²) in [7, 11) is 1.85. The van der Waals surface area contributed by atoms with Crippen LogP contribution >= 0.6 is 0 Å². The second kappa shape index (κ2) is 4.00. The first kappa shape index (κ1) is 10.5. The van der Waals surface area contributed by atoms with E-state index in [1.165, 1.54) is 0 Å². The van der Waals surface area contributed by atoms with Gasteiger partial charge in [-0.1, -0.05) is 18.2 Å². The maximum atomic E-state index is 12.3. The van der Waals surface area contributed by atoms with Crippen LogP contribution in [0.2, 0.25) is 0 Å². The predicted octanol–water partition coefficient (Wildman–Crippen LogP) is 1.96. The molecule has 1 aromatic heterocycles. The van der Waals surface area contributed by atoms with Gasteiger partial charge in [0.15, 0.2) is 0 Å². The van der Waals surface area contributed by atoms with Crippen LogP contribution in [0.3, 0.4) is 0 Å². The van der Waals surface area contributed by atoms with E-state index in [0.717, 1.165) is 35.9 Å². The number of nitrogens with zero attached hydrogens (tertiary/aromatic N) is 1. The molecule has 17 heavy (non-hydrogen) atoms. The van der Waals surface area contributed by atoms with Crippen molar-refractivity contribution >= 4 is 10.9 Å². The molecule has 0 spiro atoms. The van der Waals surface area contributed by atoms with Gasteiger partial charge in [-0.15, -0.1) is 0 Å². The Morgan fingerprint density at radius 3 is 2.94 bits per heavy atom. The first-order valence-corrected chi connectivity index (χ1v) is 6.09. The van der Waals surface area contributed by atoms with Crippen molar-refractivity contribution in [3.8, 4) is 0 Å². The maximum absolute atomic E-state index is 12.3. The lowest BCUT2D eigenvalue weighted by Crippen LogP contribution is -2.27. The zero-order valence-corrected chi connectivity index (χ0v) is 9.94. The van der Waals surface area contributed by atoms with Gasteiger partial charge in [0, 0.05) is 18.7 Å². The normalized spacial score (nSPS) is 19.9. The SMILES string of the molecule is Cn1c(=O)c(C2CCCN2)cc2ccccc21. The van der Waals surface area contributed by atoms with Gasteiger partial charge in [0.05, 0.1) is 5.52 Å². The Kier molecular flexibility index (Phi) is 2.48. The number of aryl methyl sites for hydroxylation is 1. The minimum Gasteiger partial charge on any atom is -0.311 e. The Hall–Kier alpha value is -1.61. The Morgan fingerprint density at radius 1 is 1.35 bits per heavy atom. The van der Waals surface area contributed by atoms with Crippen molar-refractivity contribution in [2.45, 2.75) is 18.9 Å². The van der Waals surface area contributed by atoms with Crippen molar-refractivity contribution in [3.63, 3.8) is 0 Å². The molecule has 3 nitrogen and oxygen atoms in total. The van der Waals surface area contributed by atoms with Crippen LogP contribution in [-0.2, 0) is 7.05 Å². The summed E-state index contributed by atoms with van der Waals surface area (Å²) in [6, 6.07) is 10.3. The van der Waals surface area contributed by atoms with E-state index in [1.54, 1.807) is 4.57 Å². The first-order chi connectivity index (χ1) is 8.27. The fourth-order valence-corrected chi connectivity index (χ4v) is 2.65. The smallest absolute Gasteiger partial charge is 0.255 e. The Labute approximate surface area is 100 Å². The van der Waals surface area contributed by atoms with Gasteiger partial charge < -0.3 is 9.88 Å². The predicted molar refractivity (Wildman–Crippen MR) is 69.2 cm³/mol. The molecule has 88 valence electrons. The van der Waals surface area contributed by atoms with Crippen LogP contribution in [0.25, 0.3) is 10.9 Å². The van der Waals surface area contributed by atoms with Gasteiger partial charge in [0.2, 0.25) is 0 Å². The van der Waals surface area contributed by atoms with Gasteiger partial charge in [-0.2, -0.15) is 0 Å². The van der Waals surface area contributed by atoms with Crippen molar-refractivity contribution in [2.75, 3.05) is 6.54 Å². The molecule has 0 amide bonds. The van der Waals surface area contributed by atoms with Crippen LogP contribution in [0.1, 0.15) is 24.4 Å². The van der Waals surface area contributed by atoms with Crippen LogP contribution in [0, 0.1) is 0 Å². The summed E-state index contributed by atoms with van der Waals surface area (Å²) in [5, 5.41) is 4.53. The minimum absolute atomic E-state index is 0.128. The highest BCUT2D eigenvalue weighted by molar-refractivity contribution is 5.79. The van der Waals surface area contributed by atoms with Crippen LogP contribution in [0.15, 0.2) is 35.1 Å². The molecule has 1 fully saturated rings. The standard InChI is InChI=1S/C14H16N2O/c1-16-13-7-3-2-5-10(13)9-11(14(16)17)12-6-4-8-15-12/h2-3,5,7,9,12,15H,4,6,8H2,1H3. The van der Waals surface area contributed by atoms with E-state index in [-0.39, 0.29) is 11.6 Å². The molecule has 1 aliphatic heterocycles. The quantitative estimate of drug-likeness (QED) is 0.809. The van der Waals surface area contributed by atoms with Crippen molar-refractivity contribution in [1.82, 2.24) is 9.88 Å². The van der Waals surface area contributed by atoms with Crippen molar-refractivity contribution in [1.29, 1.82) is 0 Å². The average Bonchev–Trinajstić information content (AvgIpc) is 2.87. The van der Waals surface area contributed by atoms with Crippen molar-refractivity contribution in [3.05, 3.63) is 46.2 Å². The number of benzene rings is 1. The molecule has 2 aromatic rings. The third-order valence-corrected chi connectivity index (χ3v) is 3.60. The summed E-state index contributed by atoms with van der Waals surface area (Å²) in [5.74, 6) is 0. The zero-order chi connectivity index (χ0) is 11.8. The van der Waals surface area contributed by atoms with E-state index in [1.807, 2.05) is 31.3 Å². The summed E-state index contributed by atoms with van der Waals surface area (Å²) in [6.07, 6.45) is 2.22. The fourth-order valence-electron chi connectivity index (χ4n) is 2.65. The number of fused-ring (bicyclic) bond motifs is 1. The molecule has 1 aliphatic rings. The van der Waals surface area contributed by atoms with Gasteiger partial charge in [0.25, 0.3) is 5.56 Å². The van der Waals surface area contributed by atoms with E-state index in [0.29, 0.717) is 0 Å². The van der Waals surface area contributed by atoms with Crippen LogP contribution < -0.4 is 10.9 Å². The van der Waals surface area contributed by atoms with Gasteiger partial charge in [-0.3, -0.25) is 4.79 Å². The number of para-hydroxylation sites is 1. The Bertz CT molecular complexity index is 609. The lowest BCUT2D eigenvalue weighted by atomic mass is 10.0. The van der Waals surface area contributed by atoms with Gasteiger partial charge in [0.1, 0.15) is 0 Å². The maximum Gasteiger partial charge on any atom is 0.255 e. The second-order valence-electron chi connectivity index (χ2n) is 4.67. The first-order valence-electron chi connectivity index (χ1n) is 6.09. The number of rotatable bonds is 1. The molecule has 3 rings (SSSR count). The number of hydrogen-bond donors (Lipinski definition) is 1. The highest BCUT2D eigenvalue weighted by atomic mass is 16.1. The molecule has 1 aromatic carbocycles. The van der Waals surface area contributed by atoms with Gasteiger partial charge in [-0.25, -0.2) is 0 Å². The molecule has 0 saturated carbocycles. The Balaban J connectivity index is 2.25. The number of hydrogen-bond acceptors (Lipinski definition) is 2. The molecular formula is C14H16N2O. The molecule has 0 radical (unpaired) electrons. The third-order valence-electron chi connectivity index (χ3n) is 3.60. The summed E-state index contributed by atoms with van der Waals surface area (Å²) in [5.41, 5.74) is 2.03. The third kappa shape index (κ3) is 1.67. The van der Waals surface area contributed by atoms with Crippen LogP contribution in [-0.4, -0.2) is 11.1 Å². The van der Waals surface area contributed by atoms with Crippen LogP contribution in [0.5, 0.6) is 0 Å². The minimum atomic E-state index is 0.128. The summed E-state index contributed by atoms with van der Waals surface area (Å²) >= 11 is 0. The molecule has 1 unspecified atom stereocenters. The molecule has 0 aliphatic carbocycles. The summed E-state index contributed by atoms with van der Waals surface area (Å²) in [4.78, 5) is 12.3.